The molecule has 0 saturated carbocycles. The third-order valence-electron chi connectivity index (χ3n) is 11.7. The Morgan fingerprint density at radius 3 is 0.907 bits per heavy atom. The number of benzene rings is 7. The van der Waals surface area contributed by atoms with Gasteiger partial charge in [0.25, 0.3) is 0 Å². The fourth-order valence-electron chi connectivity index (χ4n) is 8.64. The van der Waals surface area contributed by atoms with Crippen LogP contribution in [0.4, 0.5) is 0 Å². The van der Waals surface area contributed by atoms with Gasteiger partial charge in [0.15, 0.2) is 0 Å². The van der Waals surface area contributed by atoms with E-state index in [4.69, 9.17) is 14.2 Å². The molecule has 7 aromatic carbocycles. The van der Waals surface area contributed by atoms with Gasteiger partial charge in [0.1, 0.15) is 37.1 Å². The molecule has 7 aromatic rings. The van der Waals surface area contributed by atoms with E-state index in [1.807, 2.05) is 18.2 Å². The Kier molecular flexibility index (Phi) is 8.48. The molecule has 3 aliphatic rings. The number of rotatable bonds is 12. The molecule has 10 rings (SSSR count). The molecule has 3 atom stereocenters. The molecular weight excluding hydrogens is 661 g/mol. The van der Waals surface area contributed by atoms with Crippen molar-refractivity contribution in [2.75, 3.05) is 0 Å². The molecular formula is C51H42O3. The summed E-state index contributed by atoms with van der Waals surface area (Å²) in [4.78, 5) is 0. The number of fused-ring (bicyclic) bond motifs is 3. The van der Waals surface area contributed by atoms with Crippen LogP contribution in [0.2, 0.25) is 0 Å². The van der Waals surface area contributed by atoms with Gasteiger partial charge < -0.3 is 14.2 Å². The number of hydrogen-bond acceptors (Lipinski definition) is 3. The van der Waals surface area contributed by atoms with Crippen LogP contribution in [0, 0.1) is 0 Å². The summed E-state index contributed by atoms with van der Waals surface area (Å²) in [6.07, 6.45) is 3.21. The SMILES string of the molecule is c1ccc(C2Cc3cc(COc4cc(OCc5ccc6c(c5)CC6c5ccccc5)cc(OCc5ccc6c(c5)CC6c5ccccc5)c4)ccc32)cc1. The predicted molar refractivity (Wildman–Crippen MR) is 215 cm³/mol. The van der Waals surface area contributed by atoms with Crippen LogP contribution >= 0.6 is 0 Å². The number of ether oxygens (including phenoxy) is 3. The van der Waals surface area contributed by atoms with Crippen molar-refractivity contribution in [2.45, 2.75) is 56.8 Å². The highest BCUT2D eigenvalue weighted by atomic mass is 16.5. The van der Waals surface area contributed by atoms with Gasteiger partial charge in [-0.3, -0.25) is 0 Å². The second-order valence-corrected chi connectivity index (χ2v) is 15.1. The summed E-state index contributed by atoms with van der Waals surface area (Å²) in [6.45, 7) is 1.44. The minimum Gasteiger partial charge on any atom is -0.489 e. The Hall–Kier alpha value is -6.06. The van der Waals surface area contributed by atoms with Gasteiger partial charge in [-0.1, -0.05) is 146 Å². The molecule has 0 fully saturated rings. The van der Waals surface area contributed by atoms with Crippen molar-refractivity contribution in [3.05, 3.63) is 231 Å². The normalized spacial score (nSPS) is 17.4. The largest absolute Gasteiger partial charge is 0.489 e. The molecule has 264 valence electrons. The second kappa shape index (κ2) is 14.1. The average Bonchev–Trinajstić information content (AvgIpc) is 3.19. The Morgan fingerprint density at radius 1 is 0.333 bits per heavy atom. The van der Waals surface area contributed by atoms with E-state index in [-0.39, 0.29) is 0 Å². The maximum absolute atomic E-state index is 6.44. The van der Waals surface area contributed by atoms with E-state index in [0.717, 1.165) is 36.5 Å². The van der Waals surface area contributed by atoms with Crippen molar-refractivity contribution >= 4 is 0 Å². The molecule has 0 N–H and O–H groups in total. The lowest BCUT2D eigenvalue weighted by atomic mass is 9.73. The topological polar surface area (TPSA) is 27.7 Å². The zero-order valence-corrected chi connectivity index (χ0v) is 30.3. The average molecular weight is 703 g/mol. The molecule has 0 aromatic heterocycles. The van der Waals surface area contributed by atoms with E-state index in [9.17, 15) is 0 Å². The first-order chi connectivity index (χ1) is 26.7. The molecule has 0 heterocycles. The lowest BCUT2D eigenvalue weighted by Crippen LogP contribution is -2.18. The van der Waals surface area contributed by atoms with Crippen molar-refractivity contribution in [1.82, 2.24) is 0 Å². The summed E-state index contributed by atoms with van der Waals surface area (Å²) in [5.74, 6) is 3.67. The first kappa shape index (κ1) is 32.6. The first-order valence-corrected chi connectivity index (χ1v) is 19.2. The van der Waals surface area contributed by atoms with Crippen LogP contribution in [0.1, 0.15) is 84.5 Å². The quantitative estimate of drug-likeness (QED) is 0.127. The molecule has 0 amide bonds. The lowest BCUT2D eigenvalue weighted by Gasteiger charge is -2.31. The van der Waals surface area contributed by atoms with Crippen LogP contribution in [-0.2, 0) is 39.1 Å². The summed E-state index contributed by atoms with van der Waals surface area (Å²) in [5, 5.41) is 0. The van der Waals surface area contributed by atoms with Crippen molar-refractivity contribution < 1.29 is 14.2 Å². The lowest BCUT2D eigenvalue weighted by molar-refractivity contribution is 0.274. The van der Waals surface area contributed by atoms with Gasteiger partial charge in [0.2, 0.25) is 0 Å². The van der Waals surface area contributed by atoms with E-state index < -0.39 is 0 Å². The molecule has 0 bridgehead atoms. The van der Waals surface area contributed by atoms with E-state index in [2.05, 4.69) is 146 Å². The number of hydrogen-bond donors (Lipinski definition) is 0. The maximum Gasteiger partial charge on any atom is 0.127 e. The van der Waals surface area contributed by atoms with Crippen molar-refractivity contribution in [1.29, 1.82) is 0 Å². The first-order valence-electron chi connectivity index (χ1n) is 19.2. The highest BCUT2D eigenvalue weighted by Crippen LogP contribution is 2.43. The van der Waals surface area contributed by atoms with Gasteiger partial charge in [-0.25, -0.2) is 0 Å². The van der Waals surface area contributed by atoms with Crippen molar-refractivity contribution in [2.24, 2.45) is 0 Å². The highest BCUT2D eigenvalue weighted by Gasteiger charge is 2.29. The summed E-state index contributed by atoms with van der Waals surface area (Å²) >= 11 is 0. The zero-order valence-electron chi connectivity index (χ0n) is 30.3. The van der Waals surface area contributed by atoms with Gasteiger partial charge in [0, 0.05) is 36.0 Å². The molecule has 0 saturated heterocycles. The van der Waals surface area contributed by atoms with E-state index in [1.165, 1.54) is 66.8 Å². The van der Waals surface area contributed by atoms with Crippen LogP contribution in [-0.4, -0.2) is 0 Å². The summed E-state index contributed by atoms with van der Waals surface area (Å²) in [5.41, 5.74) is 16.2. The van der Waals surface area contributed by atoms with Crippen LogP contribution in [0.5, 0.6) is 17.2 Å². The van der Waals surface area contributed by atoms with Crippen LogP contribution < -0.4 is 14.2 Å². The predicted octanol–water partition coefficient (Wildman–Crippen LogP) is 11.5. The Labute approximate surface area is 317 Å². The third-order valence-corrected chi connectivity index (χ3v) is 11.7. The van der Waals surface area contributed by atoms with Crippen LogP contribution in [0.3, 0.4) is 0 Å². The summed E-state index contributed by atoms with van der Waals surface area (Å²) < 4.78 is 19.3. The Morgan fingerprint density at radius 2 is 0.630 bits per heavy atom. The Balaban J connectivity index is 0.838. The summed E-state index contributed by atoms with van der Waals surface area (Å²) in [6, 6.07) is 58.7. The Bertz CT molecular complexity index is 2150. The minimum absolute atomic E-state index is 0.479. The van der Waals surface area contributed by atoms with Gasteiger partial charge in [-0.2, -0.15) is 0 Å². The molecule has 3 nitrogen and oxygen atoms in total. The maximum atomic E-state index is 6.44. The fourth-order valence-corrected chi connectivity index (χ4v) is 8.64. The molecule has 3 unspecified atom stereocenters. The van der Waals surface area contributed by atoms with Crippen molar-refractivity contribution in [3.63, 3.8) is 0 Å². The van der Waals surface area contributed by atoms with Gasteiger partial charge in [-0.15, -0.1) is 0 Å². The molecule has 3 aliphatic carbocycles. The minimum atomic E-state index is 0.479. The van der Waals surface area contributed by atoms with Gasteiger partial charge in [-0.05, 0) is 86.0 Å². The van der Waals surface area contributed by atoms with E-state index in [1.54, 1.807) is 0 Å². The molecule has 0 aliphatic heterocycles. The standard InChI is InChI=1S/C51H42O3/c1-4-10-37(11-5-1)49-25-40-22-34(16-19-46(40)49)31-52-43-28-44(53-32-35-17-20-47-41(23-35)26-50(47)38-12-6-2-7-13-38)30-45(29-43)54-33-36-18-21-48-42(24-36)27-51(48)39-14-8-3-9-15-39/h1-24,28-30,49-51H,25-27,31-33H2. The second-order valence-electron chi connectivity index (χ2n) is 15.1. The molecule has 0 spiro atoms. The summed E-state index contributed by atoms with van der Waals surface area (Å²) in [7, 11) is 0. The monoisotopic (exact) mass is 702 g/mol. The van der Waals surface area contributed by atoms with Crippen molar-refractivity contribution in [3.8, 4) is 17.2 Å². The van der Waals surface area contributed by atoms with E-state index >= 15 is 0 Å². The fraction of sp³-hybridized carbons (Fsp3) is 0.176. The molecule has 54 heavy (non-hydrogen) atoms. The highest BCUT2D eigenvalue weighted by molar-refractivity contribution is 5.52. The smallest absolute Gasteiger partial charge is 0.127 e. The molecule has 3 heteroatoms. The van der Waals surface area contributed by atoms with Gasteiger partial charge in [0.05, 0.1) is 0 Å². The molecule has 0 radical (unpaired) electrons. The van der Waals surface area contributed by atoms with Crippen LogP contribution in [0.25, 0.3) is 0 Å². The zero-order chi connectivity index (χ0) is 35.8. The van der Waals surface area contributed by atoms with Crippen LogP contribution in [0.15, 0.2) is 164 Å². The third kappa shape index (κ3) is 6.45. The van der Waals surface area contributed by atoms with E-state index in [0.29, 0.717) is 37.6 Å². The van der Waals surface area contributed by atoms with Gasteiger partial charge >= 0.3 is 0 Å².